The fraction of sp³-hybridized carbons (Fsp3) is 0.269. The molecule has 0 spiro atoms. The van der Waals surface area contributed by atoms with Crippen LogP contribution >= 0.6 is 0 Å². The SMILES string of the molecule is Cc1cccc2c(-c3ccc(B4OC(C)(C)C(C)(C)O4)cc3)nc3ccccc3c12. The molecule has 0 radical (unpaired) electrons. The van der Waals surface area contributed by atoms with Gasteiger partial charge in [0.25, 0.3) is 0 Å². The highest BCUT2D eigenvalue weighted by atomic mass is 16.7. The summed E-state index contributed by atoms with van der Waals surface area (Å²) < 4.78 is 12.4. The highest BCUT2D eigenvalue weighted by molar-refractivity contribution is 6.62. The van der Waals surface area contributed by atoms with Gasteiger partial charge < -0.3 is 9.31 Å². The summed E-state index contributed by atoms with van der Waals surface area (Å²) >= 11 is 0. The summed E-state index contributed by atoms with van der Waals surface area (Å²) in [5, 5.41) is 3.65. The molecule has 4 aromatic rings. The van der Waals surface area contributed by atoms with E-state index in [2.05, 4.69) is 95.3 Å². The molecule has 5 rings (SSSR count). The molecular weight excluding hydrogens is 369 g/mol. The number of para-hydroxylation sites is 1. The van der Waals surface area contributed by atoms with E-state index in [1.165, 1.54) is 21.7 Å². The summed E-state index contributed by atoms with van der Waals surface area (Å²) in [4.78, 5) is 5.03. The number of benzene rings is 3. The summed E-state index contributed by atoms with van der Waals surface area (Å²) in [7, 11) is -0.354. The van der Waals surface area contributed by atoms with E-state index in [4.69, 9.17) is 14.3 Å². The lowest BCUT2D eigenvalue weighted by Crippen LogP contribution is -2.41. The summed E-state index contributed by atoms with van der Waals surface area (Å²) in [5.74, 6) is 0. The number of hydrogen-bond donors (Lipinski definition) is 0. The fourth-order valence-electron chi connectivity index (χ4n) is 4.18. The minimum Gasteiger partial charge on any atom is -0.399 e. The first-order valence-electron chi connectivity index (χ1n) is 10.5. The van der Waals surface area contributed by atoms with E-state index in [-0.39, 0.29) is 18.3 Å². The molecule has 0 atom stereocenters. The van der Waals surface area contributed by atoms with Crippen LogP contribution in [0.5, 0.6) is 0 Å². The van der Waals surface area contributed by atoms with Crippen LogP contribution in [-0.2, 0) is 9.31 Å². The average Bonchev–Trinajstić information content (AvgIpc) is 2.95. The van der Waals surface area contributed by atoms with Gasteiger partial charge in [-0.1, -0.05) is 60.7 Å². The Morgan fingerprint density at radius 2 is 1.37 bits per heavy atom. The quantitative estimate of drug-likeness (QED) is 0.324. The van der Waals surface area contributed by atoms with Crippen molar-refractivity contribution in [1.29, 1.82) is 0 Å². The van der Waals surface area contributed by atoms with E-state index in [0.717, 1.165) is 22.2 Å². The first-order chi connectivity index (χ1) is 14.3. The molecule has 150 valence electrons. The molecule has 0 aliphatic carbocycles. The fourth-order valence-corrected chi connectivity index (χ4v) is 4.18. The molecule has 30 heavy (non-hydrogen) atoms. The Balaban J connectivity index is 1.61. The van der Waals surface area contributed by atoms with Crippen LogP contribution in [0.3, 0.4) is 0 Å². The molecular formula is C26H26BNO2. The number of fused-ring (bicyclic) bond motifs is 3. The van der Waals surface area contributed by atoms with Gasteiger partial charge in [-0.25, -0.2) is 4.98 Å². The zero-order valence-electron chi connectivity index (χ0n) is 18.2. The maximum absolute atomic E-state index is 6.20. The van der Waals surface area contributed by atoms with Crippen LogP contribution in [0.25, 0.3) is 32.9 Å². The number of pyridine rings is 1. The lowest BCUT2D eigenvalue weighted by atomic mass is 9.78. The standard InChI is InChI=1S/C26H26BNO2/c1-17-9-8-11-21-23(17)20-10-6-7-12-22(20)28-24(21)18-13-15-19(16-14-18)27-29-25(2,3)26(4,5)30-27/h6-16H,1-5H3. The van der Waals surface area contributed by atoms with Crippen LogP contribution < -0.4 is 5.46 Å². The third-order valence-electron chi connectivity index (χ3n) is 6.64. The molecule has 3 aromatic carbocycles. The van der Waals surface area contributed by atoms with Gasteiger partial charge in [0.05, 0.1) is 22.4 Å². The molecule has 4 heteroatoms. The largest absolute Gasteiger partial charge is 0.494 e. The van der Waals surface area contributed by atoms with Crippen molar-refractivity contribution in [2.75, 3.05) is 0 Å². The highest BCUT2D eigenvalue weighted by Gasteiger charge is 2.51. The second-order valence-corrected chi connectivity index (χ2v) is 9.19. The Labute approximate surface area is 178 Å². The van der Waals surface area contributed by atoms with Crippen molar-refractivity contribution in [2.45, 2.75) is 45.8 Å². The normalized spacial score (nSPS) is 17.7. The number of rotatable bonds is 2. The van der Waals surface area contributed by atoms with E-state index < -0.39 is 0 Å². The highest BCUT2D eigenvalue weighted by Crippen LogP contribution is 2.37. The Bertz CT molecular complexity index is 1250. The first kappa shape index (κ1) is 19.3. The number of aryl methyl sites for hydroxylation is 1. The Morgan fingerprint density at radius 1 is 0.733 bits per heavy atom. The van der Waals surface area contributed by atoms with E-state index in [0.29, 0.717) is 0 Å². The third-order valence-corrected chi connectivity index (χ3v) is 6.64. The zero-order valence-corrected chi connectivity index (χ0v) is 18.2. The molecule has 0 unspecified atom stereocenters. The van der Waals surface area contributed by atoms with Gasteiger partial charge in [0.2, 0.25) is 0 Å². The lowest BCUT2D eigenvalue weighted by Gasteiger charge is -2.32. The topological polar surface area (TPSA) is 31.4 Å². The second kappa shape index (κ2) is 6.66. The zero-order chi connectivity index (χ0) is 21.1. The molecule has 1 saturated heterocycles. The Kier molecular flexibility index (Phi) is 4.28. The van der Waals surface area contributed by atoms with Crippen molar-refractivity contribution in [1.82, 2.24) is 4.98 Å². The van der Waals surface area contributed by atoms with Crippen LogP contribution in [0, 0.1) is 6.92 Å². The maximum Gasteiger partial charge on any atom is 0.494 e. The van der Waals surface area contributed by atoms with Crippen LogP contribution in [0.2, 0.25) is 0 Å². The van der Waals surface area contributed by atoms with Crippen molar-refractivity contribution in [2.24, 2.45) is 0 Å². The maximum atomic E-state index is 6.20. The molecule has 0 bridgehead atoms. The lowest BCUT2D eigenvalue weighted by molar-refractivity contribution is 0.00578. The molecule has 0 N–H and O–H groups in total. The van der Waals surface area contributed by atoms with Gasteiger partial charge in [0, 0.05) is 16.3 Å². The monoisotopic (exact) mass is 395 g/mol. The van der Waals surface area contributed by atoms with Crippen molar-refractivity contribution >= 4 is 34.3 Å². The third kappa shape index (κ3) is 2.94. The van der Waals surface area contributed by atoms with E-state index in [1.807, 2.05) is 6.07 Å². The predicted molar refractivity (Wildman–Crippen MR) is 125 cm³/mol. The van der Waals surface area contributed by atoms with Crippen LogP contribution in [0.15, 0.2) is 66.7 Å². The van der Waals surface area contributed by atoms with E-state index >= 15 is 0 Å². The Hall–Kier alpha value is -2.69. The average molecular weight is 395 g/mol. The molecule has 3 nitrogen and oxygen atoms in total. The number of aromatic nitrogens is 1. The van der Waals surface area contributed by atoms with Crippen molar-refractivity contribution in [3.8, 4) is 11.3 Å². The van der Waals surface area contributed by atoms with Crippen molar-refractivity contribution in [3.63, 3.8) is 0 Å². The predicted octanol–water partition coefficient (Wildman–Crippen LogP) is 5.66. The summed E-state index contributed by atoms with van der Waals surface area (Å²) in [5.41, 5.74) is 4.72. The van der Waals surface area contributed by atoms with Crippen molar-refractivity contribution < 1.29 is 9.31 Å². The van der Waals surface area contributed by atoms with Crippen LogP contribution in [0.1, 0.15) is 33.3 Å². The van der Waals surface area contributed by atoms with E-state index in [9.17, 15) is 0 Å². The van der Waals surface area contributed by atoms with Crippen LogP contribution in [0.4, 0.5) is 0 Å². The second-order valence-electron chi connectivity index (χ2n) is 9.19. The van der Waals surface area contributed by atoms with Gasteiger partial charge in [0.15, 0.2) is 0 Å². The van der Waals surface area contributed by atoms with Gasteiger partial charge in [-0.15, -0.1) is 0 Å². The molecule has 1 fully saturated rings. The van der Waals surface area contributed by atoms with Crippen LogP contribution in [-0.4, -0.2) is 23.3 Å². The Morgan fingerprint density at radius 3 is 2.07 bits per heavy atom. The van der Waals surface area contributed by atoms with Gasteiger partial charge in [0.1, 0.15) is 0 Å². The van der Waals surface area contributed by atoms with Gasteiger partial charge in [-0.2, -0.15) is 0 Å². The van der Waals surface area contributed by atoms with Gasteiger partial charge >= 0.3 is 7.12 Å². The first-order valence-corrected chi connectivity index (χ1v) is 10.5. The van der Waals surface area contributed by atoms with E-state index in [1.54, 1.807) is 0 Å². The number of nitrogens with zero attached hydrogens (tertiary/aromatic N) is 1. The summed E-state index contributed by atoms with van der Waals surface area (Å²) in [6.45, 7) is 10.5. The van der Waals surface area contributed by atoms with Gasteiger partial charge in [-0.05, 0) is 57.1 Å². The minimum atomic E-state index is -0.354. The molecule has 1 aliphatic rings. The van der Waals surface area contributed by atoms with Crippen molar-refractivity contribution in [3.05, 3.63) is 72.3 Å². The summed E-state index contributed by atoms with van der Waals surface area (Å²) in [6.07, 6.45) is 0. The molecule has 0 saturated carbocycles. The van der Waals surface area contributed by atoms with Gasteiger partial charge in [-0.3, -0.25) is 0 Å². The summed E-state index contributed by atoms with van der Waals surface area (Å²) in [6, 6.07) is 23.2. The number of hydrogen-bond acceptors (Lipinski definition) is 3. The minimum absolute atomic E-state index is 0.343. The molecule has 2 heterocycles. The molecule has 0 amide bonds. The molecule has 1 aliphatic heterocycles. The molecule has 1 aromatic heterocycles. The smallest absolute Gasteiger partial charge is 0.399 e.